The number of carbonyl (C=O) groups excluding carboxylic acids is 1. The highest BCUT2D eigenvalue weighted by Gasteiger charge is 2.19. The van der Waals surface area contributed by atoms with Gasteiger partial charge in [0.1, 0.15) is 0 Å². The van der Waals surface area contributed by atoms with E-state index in [-0.39, 0.29) is 11.9 Å². The standard InChI is InChI=1S/C15H22N2O/c1-10(2)11(3)17-15(18)13-6-4-8-14-12(13)7-5-9-16-14/h4,6,8,10-11,16H,5,7,9H2,1-3H3,(H,17,18). The Labute approximate surface area is 109 Å². The van der Waals surface area contributed by atoms with Crippen LogP contribution >= 0.6 is 0 Å². The van der Waals surface area contributed by atoms with E-state index in [9.17, 15) is 4.79 Å². The first-order chi connectivity index (χ1) is 8.59. The summed E-state index contributed by atoms with van der Waals surface area (Å²) >= 11 is 0. The van der Waals surface area contributed by atoms with Gasteiger partial charge in [-0.05, 0) is 43.4 Å². The number of nitrogens with one attached hydrogen (secondary N) is 2. The van der Waals surface area contributed by atoms with Gasteiger partial charge in [0.25, 0.3) is 5.91 Å². The van der Waals surface area contributed by atoms with Crippen molar-refractivity contribution in [1.29, 1.82) is 0 Å². The lowest BCUT2D eigenvalue weighted by molar-refractivity contribution is 0.0929. The number of benzene rings is 1. The summed E-state index contributed by atoms with van der Waals surface area (Å²) in [6, 6.07) is 6.13. The van der Waals surface area contributed by atoms with Crippen molar-refractivity contribution in [3.05, 3.63) is 29.3 Å². The van der Waals surface area contributed by atoms with E-state index in [1.54, 1.807) is 0 Å². The number of hydrogen-bond donors (Lipinski definition) is 2. The second-order valence-electron chi connectivity index (χ2n) is 5.37. The molecule has 3 heteroatoms. The molecule has 98 valence electrons. The summed E-state index contributed by atoms with van der Waals surface area (Å²) in [7, 11) is 0. The van der Waals surface area contributed by atoms with Crippen LogP contribution in [0.2, 0.25) is 0 Å². The van der Waals surface area contributed by atoms with Crippen LogP contribution in [-0.2, 0) is 6.42 Å². The van der Waals surface area contributed by atoms with E-state index in [0.717, 1.165) is 36.2 Å². The van der Waals surface area contributed by atoms with Crippen molar-refractivity contribution in [1.82, 2.24) is 5.32 Å². The molecule has 0 aromatic heterocycles. The minimum atomic E-state index is 0.0525. The zero-order valence-electron chi connectivity index (χ0n) is 11.4. The van der Waals surface area contributed by atoms with Crippen LogP contribution in [0.5, 0.6) is 0 Å². The zero-order valence-corrected chi connectivity index (χ0v) is 11.4. The largest absolute Gasteiger partial charge is 0.385 e. The van der Waals surface area contributed by atoms with Gasteiger partial charge in [-0.3, -0.25) is 4.79 Å². The molecule has 0 radical (unpaired) electrons. The fraction of sp³-hybridized carbons (Fsp3) is 0.533. The molecule has 18 heavy (non-hydrogen) atoms. The summed E-state index contributed by atoms with van der Waals surface area (Å²) < 4.78 is 0. The molecule has 1 aliphatic heterocycles. The maximum atomic E-state index is 12.3. The Balaban J connectivity index is 2.20. The Hall–Kier alpha value is -1.51. The van der Waals surface area contributed by atoms with Gasteiger partial charge in [-0.25, -0.2) is 0 Å². The Morgan fingerprint density at radius 3 is 2.83 bits per heavy atom. The lowest BCUT2D eigenvalue weighted by Gasteiger charge is -2.22. The van der Waals surface area contributed by atoms with E-state index in [2.05, 4.69) is 37.5 Å². The Morgan fingerprint density at radius 2 is 2.11 bits per heavy atom. The zero-order chi connectivity index (χ0) is 13.1. The summed E-state index contributed by atoms with van der Waals surface area (Å²) in [4.78, 5) is 12.3. The minimum Gasteiger partial charge on any atom is -0.385 e. The van der Waals surface area contributed by atoms with Crippen LogP contribution in [0.4, 0.5) is 5.69 Å². The predicted molar refractivity (Wildman–Crippen MR) is 75.0 cm³/mol. The van der Waals surface area contributed by atoms with Gasteiger partial charge in [-0.15, -0.1) is 0 Å². The molecule has 1 aliphatic rings. The van der Waals surface area contributed by atoms with Crippen LogP contribution in [0.3, 0.4) is 0 Å². The van der Waals surface area contributed by atoms with E-state index in [1.807, 2.05) is 12.1 Å². The number of amides is 1. The van der Waals surface area contributed by atoms with Crippen molar-refractivity contribution >= 4 is 11.6 Å². The molecular formula is C15H22N2O. The molecule has 1 heterocycles. The number of hydrogen-bond acceptors (Lipinski definition) is 2. The first kappa shape index (κ1) is 12.9. The maximum Gasteiger partial charge on any atom is 0.251 e. The summed E-state index contributed by atoms with van der Waals surface area (Å²) in [5.41, 5.74) is 3.11. The van der Waals surface area contributed by atoms with Gasteiger partial charge in [0, 0.05) is 23.8 Å². The Morgan fingerprint density at radius 1 is 1.33 bits per heavy atom. The SMILES string of the molecule is CC(C)C(C)NC(=O)c1cccc2c1CCCN2. The maximum absolute atomic E-state index is 12.3. The molecule has 0 saturated heterocycles. The summed E-state index contributed by atoms with van der Waals surface area (Å²) in [6.45, 7) is 7.29. The van der Waals surface area contributed by atoms with Gasteiger partial charge in [0.05, 0.1) is 0 Å². The Bertz CT molecular complexity index is 440. The third-order valence-corrected chi connectivity index (χ3v) is 3.70. The molecule has 1 aromatic carbocycles. The van der Waals surface area contributed by atoms with Crippen LogP contribution in [0, 0.1) is 5.92 Å². The summed E-state index contributed by atoms with van der Waals surface area (Å²) in [5, 5.41) is 6.43. The molecule has 1 unspecified atom stereocenters. The van der Waals surface area contributed by atoms with Gasteiger partial charge in [0.2, 0.25) is 0 Å². The highest BCUT2D eigenvalue weighted by Crippen LogP contribution is 2.25. The monoisotopic (exact) mass is 246 g/mol. The number of fused-ring (bicyclic) bond motifs is 1. The molecule has 1 aromatic rings. The number of anilines is 1. The fourth-order valence-electron chi connectivity index (χ4n) is 2.17. The molecule has 1 atom stereocenters. The van der Waals surface area contributed by atoms with Crippen LogP contribution < -0.4 is 10.6 Å². The predicted octanol–water partition coefficient (Wildman–Crippen LogP) is 2.82. The topological polar surface area (TPSA) is 41.1 Å². The smallest absolute Gasteiger partial charge is 0.251 e. The van der Waals surface area contributed by atoms with Crippen LogP contribution in [-0.4, -0.2) is 18.5 Å². The molecular weight excluding hydrogens is 224 g/mol. The average molecular weight is 246 g/mol. The highest BCUT2D eigenvalue weighted by atomic mass is 16.1. The molecule has 1 amide bonds. The van der Waals surface area contributed by atoms with Crippen LogP contribution in [0.25, 0.3) is 0 Å². The van der Waals surface area contributed by atoms with E-state index < -0.39 is 0 Å². The van der Waals surface area contributed by atoms with Crippen LogP contribution in [0.15, 0.2) is 18.2 Å². The summed E-state index contributed by atoms with van der Waals surface area (Å²) in [5.74, 6) is 0.503. The van der Waals surface area contributed by atoms with Gasteiger partial charge in [-0.1, -0.05) is 19.9 Å². The van der Waals surface area contributed by atoms with Crippen molar-refractivity contribution < 1.29 is 4.79 Å². The van der Waals surface area contributed by atoms with E-state index >= 15 is 0 Å². The first-order valence-electron chi connectivity index (χ1n) is 6.76. The quantitative estimate of drug-likeness (QED) is 0.861. The second-order valence-corrected chi connectivity index (χ2v) is 5.37. The Kier molecular flexibility index (Phi) is 3.90. The van der Waals surface area contributed by atoms with E-state index in [4.69, 9.17) is 0 Å². The first-order valence-corrected chi connectivity index (χ1v) is 6.76. The minimum absolute atomic E-state index is 0.0525. The number of rotatable bonds is 3. The molecule has 0 aliphatic carbocycles. The third kappa shape index (κ3) is 2.66. The molecule has 3 nitrogen and oxygen atoms in total. The molecule has 0 spiro atoms. The van der Waals surface area contributed by atoms with Gasteiger partial charge < -0.3 is 10.6 Å². The van der Waals surface area contributed by atoms with Crippen molar-refractivity contribution in [3.63, 3.8) is 0 Å². The summed E-state index contributed by atoms with van der Waals surface area (Å²) in [6.07, 6.45) is 2.08. The van der Waals surface area contributed by atoms with Gasteiger partial charge in [0.15, 0.2) is 0 Å². The molecule has 2 rings (SSSR count). The van der Waals surface area contributed by atoms with E-state index in [1.165, 1.54) is 0 Å². The van der Waals surface area contributed by atoms with Gasteiger partial charge >= 0.3 is 0 Å². The van der Waals surface area contributed by atoms with Crippen LogP contribution in [0.1, 0.15) is 43.1 Å². The van der Waals surface area contributed by atoms with Crippen molar-refractivity contribution in [3.8, 4) is 0 Å². The highest BCUT2D eigenvalue weighted by molar-refractivity contribution is 5.97. The number of carbonyl (C=O) groups is 1. The lowest BCUT2D eigenvalue weighted by Crippen LogP contribution is -2.36. The third-order valence-electron chi connectivity index (χ3n) is 3.70. The average Bonchev–Trinajstić information content (AvgIpc) is 2.37. The van der Waals surface area contributed by atoms with E-state index in [0.29, 0.717) is 5.92 Å². The normalized spacial score (nSPS) is 15.8. The lowest BCUT2D eigenvalue weighted by atomic mass is 9.96. The van der Waals surface area contributed by atoms with Crippen molar-refractivity contribution in [2.24, 2.45) is 5.92 Å². The molecule has 2 N–H and O–H groups in total. The molecule has 0 bridgehead atoms. The second kappa shape index (κ2) is 5.42. The molecule has 0 fully saturated rings. The fourth-order valence-corrected chi connectivity index (χ4v) is 2.17. The van der Waals surface area contributed by atoms with Gasteiger partial charge in [-0.2, -0.15) is 0 Å². The van der Waals surface area contributed by atoms with Crippen molar-refractivity contribution in [2.75, 3.05) is 11.9 Å². The molecule has 0 saturated carbocycles. The van der Waals surface area contributed by atoms with Crippen molar-refractivity contribution in [2.45, 2.75) is 39.7 Å².